The van der Waals surface area contributed by atoms with E-state index in [-0.39, 0.29) is 6.04 Å². The third-order valence-electron chi connectivity index (χ3n) is 3.90. The van der Waals surface area contributed by atoms with E-state index in [1.807, 2.05) is 20.8 Å². The van der Waals surface area contributed by atoms with Crippen molar-refractivity contribution in [3.63, 3.8) is 0 Å². The fourth-order valence-corrected chi connectivity index (χ4v) is 2.34. The summed E-state index contributed by atoms with van der Waals surface area (Å²) in [5, 5.41) is 0. The second-order valence-corrected chi connectivity index (χ2v) is 6.60. The predicted octanol–water partition coefficient (Wildman–Crippen LogP) is 5.50. The molecular formula is C21H38N2. The second kappa shape index (κ2) is 12.3. The summed E-state index contributed by atoms with van der Waals surface area (Å²) in [5.74, 6) is 0.802. The SMILES string of the molecule is C/C(=C\CN(C)CCCC(C)C)c1cccc(C(C)N)c1.CC. The summed E-state index contributed by atoms with van der Waals surface area (Å²) in [7, 11) is 2.20. The number of nitrogens with two attached hydrogens (primary N) is 1. The number of nitrogens with zero attached hydrogens (tertiary/aromatic N) is 1. The lowest BCUT2D eigenvalue weighted by molar-refractivity contribution is 0.348. The summed E-state index contributed by atoms with van der Waals surface area (Å²) >= 11 is 0. The third kappa shape index (κ3) is 9.58. The smallest absolute Gasteiger partial charge is 0.0266 e. The first-order valence-corrected chi connectivity index (χ1v) is 9.11. The van der Waals surface area contributed by atoms with E-state index in [0.717, 1.165) is 12.5 Å². The average Bonchev–Trinajstić information content (AvgIpc) is 2.54. The summed E-state index contributed by atoms with van der Waals surface area (Å²) in [6.45, 7) is 15.0. The van der Waals surface area contributed by atoms with Crippen LogP contribution in [-0.4, -0.2) is 25.0 Å². The normalized spacial score (nSPS) is 13.0. The molecule has 0 aliphatic rings. The topological polar surface area (TPSA) is 29.3 Å². The molecule has 1 atom stereocenters. The van der Waals surface area contributed by atoms with Gasteiger partial charge in [-0.2, -0.15) is 0 Å². The van der Waals surface area contributed by atoms with Crippen LogP contribution in [0.15, 0.2) is 30.3 Å². The molecule has 1 aromatic rings. The van der Waals surface area contributed by atoms with Crippen molar-refractivity contribution >= 4 is 5.57 Å². The molecule has 1 rings (SSSR count). The molecule has 0 amide bonds. The van der Waals surface area contributed by atoms with Crippen molar-refractivity contribution in [2.45, 2.75) is 60.4 Å². The van der Waals surface area contributed by atoms with E-state index in [2.05, 4.69) is 63.1 Å². The first-order chi connectivity index (χ1) is 10.9. The summed E-state index contributed by atoms with van der Waals surface area (Å²) in [4.78, 5) is 2.39. The fraction of sp³-hybridized carbons (Fsp3) is 0.619. The number of benzene rings is 1. The Morgan fingerprint density at radius 3 is 2.43 bits per heavy atom. The van der Waals surface area contributed by atoms with Crippen LogP contribution >= 0.6 is 0 Å². The highest BCUT2D eigenvalue weighted by atomic mass is 15.1. The molecule has 0 spiro atoms. The van der Waals surface area contributed by atoms with Crippen LogP contribution in [0, 0.1) is 5.92 Å². The first-order valence-electron chi connectivity index (χ1n) is 9.11. The number of allylic oxidation sites excluding steroid dienone is 1. The third-order valence-corrected chi connectivity index (χ3v) is 3.90. The van der Waals surface area contributed by atoms with E-state index in [1.165, 1.54) is 36.1 Å². The number of rotatable bonds is 8. The largest absolute Gasteiger partial charge is 0.324 e. The Morgan fingerprint density at radius 2 is 1.87 bits per heavy atom. The lowest BCUT2D eigenvalue weighted by Gasteiger charge is -2.16. The van der Waals surface area contributed by atoms with Gasteiger partial charge in [0.15, 0.2) is 0 Å². The molecule has 1 unspecified atom stereocenters. The molecule has 2 nitrogen and oxygen atoms in total. The Kier molecular flexibility index (Phi) is 11.7. The van der Waals surface area contributed by atoms with E-state index in [4.69, 9.17) is 5.73 Å². The molecule has 0 bridgehead atoms. The fourth-order valence-electron chi connectivity index (χ4n) is 2.34. The molecule has 2 N–H and O–H groups in total. The van der Waals surface area contributed by atoms with E-state index < -0.39 is 0 Å². The first kappa shape index (κ1) is 21.9. The molecule has 0 aromatic heterocycles. The zero-order chi connectivity index (χ0) is 17.8. The molecule has 0 fully saturated rings. The summed E-state index contributed by atoms with van der Waals surface area (Å²) in [5.41, 5.74) is 9.76. The van der Waals surface area contributed by atoms with Gasteiger partial charge in [-0.15, -0.1) is 0 Å². The Hall–Kier alpha value is -1.12. The van der Waals surface area contributed by atoms with Crippen LogP contribution in [0.25, 0.3) is 5.57 Å². The van der Waals surface area contributed by atoms with Crippen LogP contribution in [0.3, 0.4) is 0 Å². The van der Waals surface area contributed by atoms with Crippen LogP contribution in [0.5, 0.6) is 0 Å². The predicted molar refractivity (Wildman–Crippen MR) is 106 cm³/mol. The minimum atomic E-state index is 0.0939. The Balaban J connectivity index is 0.00000232. The highest BCUT2D eigenvalue weighted by Gasteiger charge is 2.03. The lowest BCUT2D eigenvalue weighted by Crippen LogP contribution is -2.20. The van der Waals surface area contributed by atoms with Gasteiger partial charge in [-0.3, -0.25) is 0 Å². The van der Waals surface area contributed by atoms with Crippen molar-refractivity contribution in [2.24, 2.45) is 11.7 Å². The maximum absolute atomic E-state index is 5.96. The summed E-state index contributed by atoms with van der Waals surface area (Å²) in [6, 6.07) is 8.65. The van der Waals surface area contributed by atoms with Crippen molar-refractivity contribution in [3.8, 4) is 0 Å². The van der Waals surface area contributed by atoms with Gasteiger partial charge in [0.25, 0.3) is 0 Å². The van der Waals surface area contributed by atoms with Crippen molar-refractivity contribution in [1.29, 1.82) is 0 Å². The molecule has 23 heavy (non-hydrogen) atoms. The van der Waals surface area contributed by atoms with E-state index in [9.17, 15) is 0 Å². The Morgan fingerprint density at radius 1 is 1.22 bits per heavy atom. The Bertz CT molecular complexity index is 447. The van der Waals surface area contributed by atoms with Crippen molar-refractivity contribution in [3.05, 3.63) is 41.5 Å². The van der Waals surface area contributed by atoms with Crippen molar-refractivity contribution in [2.75, 3.05) is 20.1 Å². The maximum atomic E-state index is 5.96. The minimum absolute atomic E-state index is 0.0939. The molecule has 0 aliphatic carbocycles. The molecule has 0 heterocycles. The van der Waals surface area contributed by atoms with Gasteiger partial charge < -0.3 is 10.6 Å². The molecule has 0 aliphatic heterocycles. The van der Waals surface area contributed by atoms with Crippen LogP contribution in [0.2, 0.25) is 0 Å². The van der Waals surface area contributed by atoms with Crippen molar-refractivity contribution < 1.29 is 0 Å². The molecular weight excluding hydrogens is 280 g/mol. The van der Waals surface area contributed by atoms with Crippen LogP contribution < -0.4 is 5.73 Å². The quantitative estimate of drug-likeness (QED) is 0.685. The maximum Gasteiger partial charge on any atom is 0.0266 e. The standard InChI is InChI=1S/C19H32N2.C2H6/c1-15(2)8-7-12-21(5)13-11-16(3)18-9-6-10-19(14-18)17(4)20;1-2/h6,9-11,14-15,17H,7-8,12-13,20H2,1-5H3;1-2H3/b16-11+;. The van der Waals surface area contributed by atoms with Gasteiger partial charge in [0.05, 0.1) is 0 Å². The van der Waals surface area contributed by atoms with Gasteiger partial charge in [0, 0.05) is 12.6 Å². The van der Waals surface area contributed by atoms with Crippen LogP contribution in [-0.2, 0) is 0 Å². The van der Waals surface area contributed by atoms with Gasteiger partial charge in [0.1, 0.15) is 0 Å². The molecule has 2 heteroatoms. The second-order valence-electron chi connectivity index (χ2n) is 6.60. The molecule has 1 aromatic carbocycles. The summed E-state index contributed by atoms with van der Waals surface area (Å²) < 4.78 is 0. The van der Waals surface area contributed by atoms with Crippen LogP contribution in [0.1, 0.15) is 71.6 Å². The number of hydrogen-bond donors (Lipinski definition) is 1. The van der Waals surface area contributed by atoms with Gasteiger partial charge in [-0.1, -0.05) is 52.0 Å². The van der Waals surface area contributed by atoms with Gasteiger partial charge in [-0.05, 0) is 69.0 Å². The van der Waals surface area contributed by atoms with Gasteiger partial charge >= 0.3 is 0 Å². The Labute approximate surface area is 144 Å². The minimum Gasteiger partial charge on any atom is -0.324 e. The van der Waals surface area contributed by atoms with Crippen molar-refractivity contribution in [1.82, 2.24) is 4.90 Å². The van der Waals surface area contributed by atoms with E-state index >= 15 is 0 Å². The molecule has 0 radical (unpaired) electrons. The lowest BCUT2D eigenvalue weighted by atomic mass is 10.0. The highest BCUT2D eigenvalue weighted by molar-refractivity contribution is 5.64. The molecule has 132 valence electrons. The zero-order valence-corrected chi connectivity index (χ0v) is 16.4. The monoisotopic (exact) mass is 318 g/mol. The van der Waals surface area contributed by atoms with Gasteiger partial charge in [-0.25, -0.2) is 0 Å². The zero-order valence-electron chi connectivity index (χ0n) is 16.4. The number of likely N-dealkylation sites (N-methyl/N-ethyl adjacent to an activating group) is 1. The number of hydrogen-bond acceptors (Lipinski definition) is 2. The summed E-state index contributed by atoms with van der Waals surface area (Å²) in [6.07, 6.45) is 4.90. The van der Waals surface area contributed by atoms with E-state index in [1.54, 1.807) is 0 Å². The average molecular weight is 319 g/mol. The molecule has 0 saturated heterocycles. The van der Waals surface area contributed by atoms with Crippen LogP contribution in [0.4, 0.5) is 0 Å². The van der Waals surface area contributed by atoms with Gasteiger partial charge in [0.2, 0.25) is 0 Å². The molecule has 0 saturated carbocycles. The highest BCUT2D eigenvalue weighted by Crippen LogP contribution is 2.18. The van der Waals surface area contributed by atoms with E-state index in [0.29, 0.717) is 0 Å².